The van der Waals surface area contributed by atoms with Gasteiger partial charge < -0.3 is 5.73 Å². The highest BCUT2D eigenvalue weighted by molar-refractivity contribution is 5.31. The quantitative estimate of drug-likeness (QED) is 0.788. The summed E-state index contributed by atoms with van der Waals surface area (Å²) in [5.41, 5.74) is 8.51. The van der Waals surface area contributed by atoms with Gasteiger partial charge in [0.05, 0.1) is 0 Å². The Morgan fingerprint density at radius 3 is 2.43 bits per heavy atom. The molecule has 0 aliphatic heterocycles. The summed E-state index contributed by atoms with van der Waals surface area (Å²) in [5, 5.41) is 0. The Hall–Kier alpha value is -0.890. The third kappa shape index (κ3) is 2.32. The summed E-state index contributed by atoms with van der Waals surface area (Å²) >= 11 is 0. The van der Waals surface area contributed by atoms with E-state index in [2.05, 4.69) is 0 Å². The molecule has 2 heteroatoms. The van der Waals surface area contributed by atoms with Gasteiger partial charge in [-0.1, -0.05) is 25.1 Å². The Kier molecular flexibility index (Phi) is 3.64. The third-order valence-electron chi connectivity index (χ3n) is 2.72. The van der Waals surface area contributed by atoms with E-state index in [1.54, 1.807) is 0 Å². The maximum atomic E-state index is 13.8. The van der Waals surface area contributed by atoms with Crippen LogP contribution in [0, 0.1) is 19.8 Å². The van der Waals surface area contributed by atoms with E-state index >= 15 is 0 Å². The molecular formula is C12H18FN. The van der Waals surface area contributed by atoms with E-state index < -0.39 is 6.17 Å². The van der Waals surface area contributed by atoms with Crippen LogP contribution in [0.3, 0.4) is 0 Å². The molecule has 0 aliphatic rings. The molecule has 0 saturated carbocycles. The van der Waals surface area contributed by atoms with E-state index in [4.69, 9.17) is 5.73 Å². The molecule has 0 heterocycles. The SMILES string of the molecule is Cc1ccc(C(F)C(C)CN)cc1C. The fraction of sp³-hybridized carbons (Fsp3) is 0.500. The van der Waals surface area contributed by atoms with Crippen LogP contribution < -0.4 is 5.73 Å². The molecule has 2 N–H and O–H groups in total. The lowest BCUT2D eigenvalue weighted by Crippen LogP contribution is -2.16. The molecule has 0 fully saturated rings. The molecule has 1 rings (SSSR count). The van der Waals surface area contributed by atoms with Crippen LogP contribution in [0.25, 0.3) is 0 Å². The Morgan fingerprint density at radius 1 is 1.29 bits per heavy atom. The second-order valence-electron chi connectivity index (χ2n) is 3.96. The molecule has 0 bridgehead atoms. The lowest BCUT2D eigenvalue weighted by atomic mass is 9.96. The molecule has 78 valence electrons. The molecule has 0 amide bonds. The molecule has 0 aromatic heterocycles. The molecule has 14 heavy (non-hydrogen) atoms. The Labute approximate surface area is 85.1 Å². The molecule has 1 aromatic carbocycles. The molecule has 0 radical (unpaired) electrons. The molecule has 0 spiro atoms. The average molecular weight is 195 g/mol. The summed E-state index contributed by atoms with van der Waals surface area (Å²) in [6, 6.07) is 5.71. The van der Waals surface area contributed by atoms with Gasteiger partial charge in [-0.2, -0.15) is 0 Å². The summed E-state index contributed by atoms with van der Waals surface area (Å²) in [7, 11) is 0. The number of benzene rings is 1. The van der Waals surface area contributed by atoms with Crippen LogP contribution in [0.4, 0.5) is 4.39 Å². The van der Waals surface area contributed by atoms with Crippen LogP contribution >= 0.6 is 0 Å². The predicted octanol–water partition coefficient (Wildman–Crippen LogP) is 2.91. The van der Waals surface area contributed by atoms with Gasteiger partial charge >= 0.3 is 0 Å². The van der Waals surface area contributed by atoms with Crippen molar-refractivity contribution >= 4 is 0 Å². The van der Waals surface area contributed by atoms with Gasteiger partial charge in [0.1, 0.15) is 6.17 Å². The number of nitrogens with two attached hydrogens (primary N) is 1. The minimum atomic E-state index is -0.945. The van der Waals surface area contributed by atoms with Crippen molar-refractivity contribution in [1.29, 1.82) is 0 Å². The Morgan fingerprint density at radius 2 is 1.93 bits per heavy atom. The normalized spacial score (nSPS) is 15.2. The van der Waals surface area contributed by atoms with Crippen molar-refractivity contribution in [2.24, 2.45) is 11.7 Å². The molecule has 1 nitrogen and oxygen atoms in total. The largest absolute Gasteiger partial charge is 0.330 e. The van der Waals surface area contributed by atoms with Crippen molar-refractivity contribution in [3.8, 4) is 0 Å². The second-order valence-corrected chi connectivity index (χ2v) is 3.96. The minimum absolute atomic E-state index is 0.114. The van der Waals surface area contributed by atoms with Crippen LogP contribution in [0.1, 0.15) is 29.8 Å². The fourth-order valence-electron chi connectivity index (χ4n) is 1.38. The maximum Gasteiger partial charge on any atom is 0.129 e. The van der Waals surface area contributed by atoms with Crippen LogP contribution in [0.15, 0.2) is 18.2 Å². The fourth-order valence-corrected chi connectivity index (χ4v) is 1.38. The lowest BCUT2D eigenvalue weighted by molar-refractivity contribution is 0.251. The van der Waals surface area contributed by atoms with Crippen LogP contribution in [-0.4, -0.2) is 6.54 Å². The van der Waals surface area contributed by atoms with Crippen LogP contribution in [0.5, 0.6) is 0 Å². The van der Waals surface area contributed by atoms with Gasteiger partial charge in [-0.3, -0.25) is 0 Å². The third-order valence-corrected chi connectivity index (χ3v) is 2.72. The van der Waals surface area contributed by atoms with Gasteiger partial charge in [-0.25, -0.2) is 4.39 Å². The number of hydrogen-bond donors (Lipinski definition) is 1. The Balaban J connectivity index is 2.91. The number of rotatable bonds is 3. The van der Waals surface area contributed by atoms with Crippen molar-refractivity contribution in [3.05, 3.63) is 34.9 Å². The monoisotopic (exact) mass is 195 g/mol. The van der Waals surface area contributed by atoms with Crippen molar-refractivity contribution in [2.45, 2.75) is 26.9 Å². The smallest absolute Gasteiger partial charge is 0.129 e. The molecule has 0 saturated heterocycles. The Bertz CT molecular complexity index is 309. The maximum absolute atomic E-state index is 13.8. The predicted molar refractivity (Wildman–Crippen MR) is 58.0 cm³/mol. The highest BCUT2D eigenvalue weighted by Gasteiger charge is 2.17. The van der Waals surface area contributed by atoms with Gasteiger partial charge in [-0.15, -0.1) is 0 Å². The van der Waals surface area contributed by atoms with Crippen LogP contribution in [-0.2, 0) is 0 Å². The summed E-state index contributed by atoms with van der Waals surface area (Å²) in [4.78, 5) is 0. The first-order valence-corrected chi connectivity index (χ1v) is 4.97. The molecule has 2 atom stereocenters. The van der Waals surface area contributed by atoms with Crippen LogP contribution in [0.2, 0.25) is 0 Å². The van der Waals surface area contributed by atoms with Crippen molar-refractivity contribution in [2.75, 3.05) is 6.54 Å². The zero-order valence-electron chi connectivity index (χ0n) is 9.05. The molecular weight excluding hydrogens is 177 g/mol. The van der Waals surface area contributed by atoms with E-state index in [9.17, 15) is 4.39 Å². The highest BCUT2D eigenvalue weighted by Crippen LogP contribution is 2.26. The molecule has 1 aromatic rings. The van der Waals surface area contributed by atoms with Gasteiger partial charge in [0.15, 0.2) is 0 Å². The van der Waals surface area contributed by atoms with Gasteiger partial charge in [0.2, 0.25) is 0 Å². The van der Waals surface area contributed by atoms with Crippen molar-refractivity contribution in [1.82, 2.24) is 0 Å². The first-order chi connectivity index (χ1) is 6.56. The van der Waals surface area contributed by atoms with Gasteiger partial charge in [0.25, 0.3) is 0 Å². The number of hydrogen-bond acceptors (Lipinski definition) is 1. The number of halogens is 1. The van der Waals surface area contributed by atoms with Crippen molar-refractivity contribution in [3.63, 3.8) is 0 Å². The van der Waals surface area contributed by atoms with Gasteiger partial charge in [-0.05, 0) is 37.1 Å². The summed E-state index contributed by atoms with van der Waals surface area (Å²) in [5.74, 6) is -0.114. The van der Waals surface area contributed by atoms with E-state index in [-0.39, 0.29) is 5.92 Å². The second kappa shape index (κ2) is 4.56. The van der Waals surface area contributed by atoms with Gasteiger partial charge in [0, 0.05) is 5.92 Å². The van der Waals surface area contributed by atoms with E-state index in [0.29, 0.717) is 6.54 Å². The number of alkyl halides is 1. The zero-order chi connectivity index (χ0) is 10.7. The standard InChI is InChI=1S/C12H18FN/c1-8-4-5-11(6-9(8)2)12(13)10(3)7-14/h4-6,10,12H,7,14H2,1-3H3. The van der Waals surface area contributed by atoms with Crippen molar-refractivity contribution < 1.29 is 4.39 Å². The summed E-state index contributed by atoms with van der Waals surface area (Å²) < 4.78 is 13.8. The first-order valence-electron chi connectivity index (χ1n) is 4.97. The highest BCUT2D eigenvalue weighted by atomic mass is 19.1. The lowest BCUT2D eigenvalue weighted by Gasteiger charge is -2.15. The summed E-state index contributed by atoms with van der Waals surface area (Å²) in [6.45, 7) is 6.24. The average Bonchev–Trinajstić information content (AvgIpc) is 2.20. The first kappa shape index (κ1) is 11.2. The van der Waals surface area contributed by atoms with E-state index in [1.165, 1.54) is 5.56 Å². The molecule has 0 aliphatic carbocycles. The summed E-state index contributed by atoms with van der Waals surface area (Å²) in [6.07, 6.45) is -0.945. The van der Waals surface area contributed by atoms with E-state index in [0.717, 1.165) is 11.1 Å². The topological polar surface area (TPSA) is 26.0 Å². The molecule has 2 unspecified atom stereocenters. The number of aryl methyl sites for hydroxylation is 2. The van der Waals surface area contributed by atoms with E-state index in [1.807, 2.05) is 39.0 Å². The zero-order valence-corrected chi connectivity index (χ0v) is 9.05. The minimum Gasteiger partial charge on any atom is -0.330 e.